The molecule has 192 valence electrons. The van der Waals surface area contributed by atoms with Gasteiger partial charge in [0, 0.05) is 23.3 Å². The molecule has 0 aliphatic carbocycles. The minimum atomic E-state index is -0.657. The van der Waals surface area contributed by atoms with Crippen molar-refractivity contribution in [1.82, 2.24) is 0 Å². The van der Waals surface area contributed by atoms with Crippen LogP contribution in [0.2, 0.25) is 0 Å². The molecule has 0 aromatic heterocycles. The highest BCUT2D eigenvalue weighted by atomic mass is 16.6. The van der Waals surface area contributed by atoms with E-state index in [2.05, 4.69) is 0 Å². The number of esters is 2. The van der Waals surface area contributed by atoms with Crippen molar-refractivity contribution in [3.05, 3.63) is 121 Å². The molecular formula is C32H28O6. The summed E-state index contributed by atoms with van der Waals surface area (Å²) in [6.07, 6.45) is 2.07. The van der Waals surface area contributed by atoms with Crippen LogP contribution in [0.3, 0.4) is 0 Å². The van der Waals surface area contributed by atoms with E-state index >= 15 is 0 Å². The Bertz CT molecular complexity index is 1240. The number of benzene rings is 4. The number of hydrogen-bond donors (Lipinski definition) is 0. The summed E-state index contributed by atoms with van der Waals surface area (Å²) in [5.41, 5.74) is 3.98. The van der Waals surface area contributed by atoms with E-state index < -0.39 is 11.9 Å². The molecule has 0 atom stereocenters. The minimum Gasteiger partial charge on any atom is -0.489 e. The van der Waals surface area contributed by atoms with E-state index in [1.165, 1.54) is 0 Å². The maximum Gasteiger partial charge on any atom is 0.331 e. The molecule has 0 radical (unpaired) electrons. The van der Waals surface area contributed by atoms with Crippen LogP contribution in [0.4, 0.5) is 0 Å². The summed E-state index contributed by atoms with van der Waals surface area (Å²) in [6.45, 7) is 0.428. The topological polar surface area (TPSA) is 71.1 Å². The molecule has 0 fully saturated rings. The first-order valence-corrected chi connectivity index (χ1v) is 12.3. The lowest BCUT2D eigenvalue weighted by molar-refractivity contribution is -0.141. The van der Waals surface area contributed by atoms with Gasteiger partial charge in [-0.05, 0) is 23.3 Å². The lowest BCUT2D eigenvalue weighted by Gasteiger charge is -2.11. The second-order valence-electron chi connectivity index (χ2n) is 8.09. The van der Waals surface area contributed by atoms with E-state index in [4.69, 9.17) is 18.9 Å². The van der Waals surface area contributed by atoms with Crippen LogP contribution in [-0.4, -0.2) is 38.4 Å². The van der Waals surface area contributed by atoms with Crippen molar-refractivity contribution in [2.45, 2.75) is 0 Å². The van der Waals surface area contributed by atoms with Crippen molar-refractivity contribution in [3.63, 3.8) is 0 Å². The quantitative estimate of drug-likeness (QED) is 0.130. The molecule has 0 saturated carbocycles. The smallest absolute Gasteiger partial charge is 0.331 e. The van der Waals surface area contributed by atoms with Gasteiger partial charge in [-0.1, -0.05) is 97.1 Å². The first-order valence-electron chi connectivity index (χ1n) is 12.3. The average Bonchev–Trinajstić information content (AvgIpc) is 2.98. The van der Waals surface area contributed by atoms with Crippen LogP contribution < -0.4 is 9.47 Å². The van der Waals surface area contributed by atoms with Crippen LogP contribution in [0.25, 0.3) is 22.3 Å². The molecule has 0 amide bonds. The fourth-order valence-corrected chi connectivity index (χ4v) is 3.72. The third kappa shape index (κ3) is 7.83. The Morgan fingerprint density at radius 2 is 0.842 bits per heavy atom. The molecule has 6 nitrogen and oxygen atoms in total. The van der Waals surface area contributed by atoms with E-state index in [1.54, 1.807) is 0 Å². The number of para-hydroxylation sites is 2. The Balaban J connectivity index is 1.15. The van der Waals surface area contributed by atoms with Crippen LogP contribution in [0.1, 0.15) is 0 Å². The normalized spacial score (nSPS) is 10.6. The van der Waals surface area contributed by atoms with Crippen molar-refractivity contribution in [2.24, 2.45) is 0 Å². The van der Waals surface area contributed by atoms with Gasteiger partial charge in [0.25, 0.3) is 0 Å². The van der Waals surface area contributed by atoms with Gasteiger partial charge in [-0.2, -0.15) is 0 Å². The molecule has 4 aromatic rings. The van der Waals surface area contributed by atoms with Crippen molar-refractivity contribution in [2.75, 3.05) is 26.4 Å². The van der Waals surface area contributed by atoms with Gasteiger partial charge in [-0.15, -0.1) is 0 Å². The summed E-state index contributed by atoms with van der Waals surface area (Å²) in [5, 5.41) is 0. The van der Waals surface area contributed by atoms with Crippen LogP contribution in [0, 0.1) is 0 Å². The second kappa shape index (κ2) is 14.0. The van der Waals surface area contributed by atoms with Gasteiger partial charge in [0.2, 0.25) is 0 Å². The van der Waals surface area contributed by atoms with Gasteiger partial charge in [-0.25, -0.2) is 9.59 Å². The number of ether oxygens (including phenoxy) is 4. The number of rotatable bonds is 12. The standard InChI is InChI=1S/C32H28O6/c33-31(37-23-21-35-29-17-9-7-15-27(29)25-11-3-1-4-12-25)19-20-32(34)38-24-22-36-30-18-10-8-16-28(30)26-13-5-2-6-14-26/h1-20H,21-24H2/b20-19-. The van der Waals surface area contributed by atoms with Crippen molar-refractivity contribution in [1.29, 1.82) is 0 Å². The molecule has 38 heavy (non-hydrogen) atoms. The predicted molar refractivity (Wildman–Crippen MR) is 146 cm³/mol. The highest BCUT2D eigenvalue weighted by Crippen LogP contribution is 2.30. The van der Waals surface area contributed by atoms with Gasteiger partial charge >= 0.3 is 11.9 Å². The molecule has 4 aromatic carbocycles. The van der Waals surface area contributed by atoms with Crippen LogP contribution in [-0.2, 0) is 19.1 Å². The van der Waals surface area contributed by atoms with Crippen molar-refractivity contribution >= 4 is 11.9 Å². The Kier molecular flexibility index (Phi) is 9.69. The number of carbonyl (C=O) groups excluding carboxylic acids is 2. The second-order valence-corrected chi connectivity index (χ2v) is 8.09. The molecule has 0 spiro atoms. The maximum atomic E-state index is 11.9. The Morgan fingerprint density at radius 3 is 1.26 bits per heavy atom. The van der Waals surface area contributed by atoms with Crippen LogP contribution in [0.15, 0.2) is 121 Å². The molecule has 0 saturated heterocycles. The molecule has 6 heteroatoms. The highest BCUT2D eigenvalue weighted by molar-refractivity contribution is 5.91. The fraction of sp³-hybridized carbons (Fsp3) is 0.125. The van der Waals surface area contributed by atoms with Gasteiger partial charge in [0.05, 0.1) is 0 Å². The highest BCUT2D eigenvalue weighted by Gasteiger charge is 2.08. The Labute approximate surface area is 222 Å². The molecule has 0 N–H and O–H groups in total. The van der Waals surface area contributed by atoms with Crippen molar-refractivity contribution < 1.29 is 28.5 Å². The minimum absolute atomic E-state index is 0.0377. The zero-order chi connectivity index (χ0) is 26.4. The summed E-state index contributed by atoms with van der Waals surface area (Å²) >= 11 is 0. The summed E-state index contributed by atoms with van der Waals surface area (Å²) < 4.78 is 21.8. The lowest BCUT2D eigenvalue weighted by Crippen LogP contribution is -2.13. The molecule has 0 heterocycles. The number of carbonyl (C=O) groups is 2. The molecule has 0 bridgehead atoms. The molecule has 0 aliphatic heterocycles. The van der Waals surface area contributed by atoms with Crippen LogP contribution in [0.5, 0.6) is 11.5 Å². The maximum absolute atomic E-state index is 11.9. The van der Waals surface area contributed by atoms with E-state index in [9.17, 15) is 9.59 Å². The molecule has 0 aliphatic rings. The number of hydrogen-bond acceptors (Lipinski definition) is 6. The Hall–Kier alpha value is -4.84. The van der Waals surface area contributed by atoms with Gasteiger partial charge in [-0.3, -0.25) is 0 Å². The Morgan fingerprint density at radius 1 is 0.474 bits per heavy atom. The molecular weight excluding hydrogens is 480 g/mol. The van der Waals surface area contributed by atoms with E-state index in [0.717, 1.165) is 34.4 Å². The zero-order valence-electron chi connectivity index (χ0n) is 20.8. The monoisotopic (exact) mass is 508 g/mol. The first kappa shape index (κ1) is 26.2. The summed E-state index contributed by atoms with van der Waals surface area (Å²) in [7, 11) is 0. The summed E-state index contributed by atoms with van der Waals surface area (Å²) in [5.74, 6) is 0.0785. The molecule has 0 unspecified atom stereocenters. The van der Waals surface area contributed by atoms with Gasteiger partial charge < -0.3 is 18.9 Å². The third-order valence-corrected chi connectivity index (χ3v) is 5.47. The largest absolute Gasteiger partial charge is 0.489 e. The van der Waals surface area contributed by atoms with E-state index in [1.807, 2.05) is 109 Å². The fourth-order valence-electron chi connectivity index (χ4n) is 3.72. The summed E-state index contributed by atoms with van der Waals surface area (Å²) in [4.78, 5) is 23.9. The SMILES string of the molecule is O=C(/C=C\C(=O)OCCOc1ccccc1-c1ccccc1)OCCOc1ccccc1-c1ccccc1. The van der Waals surface area contributed by atoms with Gasteiger partial charge in [0.15, 0.2) is 0 Å². The first-order chi connectivity index (χ1) is 18.7. The van der Waals surface area contributed by atoms with Gasteiger partial charge in [0.1, 0.15) is 37.9 Å². The third-order valence-electron chi connectivity index (χ3n) is 5.47. The van der Waals surface area contributed by atoms with Crippen LogP contribution >= 0.6 is 0 Å². The lowest BCUT2D eigenvalue weighted by atomic mass is 10.1. The zero-order valence-corrected chi connectivity index (χ0v) is 20.8. The molecule has 4 rings (SSSR count). The predicted octanol–water partition coefficient (Wildman–Crippen LogP) is 6.12. The van der Waals surface area contributed by atoms with E-state index in [-0.39, 0.29) is 26.4 Å². The van der Waals surface area contributed by atoms with E-state index in [0.29, 0.717) is 11.5 Å². The average molecular weight is 509 g/mol. The summed E-state index contributed by atoms with van der Waals surface area (Å²) in [6, 6.07) is 35.1. The van der Waals surface area contributed by atoms with Crippen molar-refractivity contribution in [3.8, 4) is 33.8 Å².